The number of fused-ring (bicyclic) bond motifs is 1. The van der Waals surface area contributed by atoms with E-state index in [1.165, 1.54) is 12.1 Å². The first-order chi connectivity index (χ1) is 15.6. The second-order valence-electron chi connectivity index (χ2n) is 7.11. The highest BCUT2D eigenvalue weighted by Crippen LogP contribution is 2.34. The highest BCUT2D eigenvalue weighted by atomic mass is 35.5. The highest BCUT2D eigenvalue weighted by molar-refractivity contribution is 7.99. The number of hydrogen-bond donors (Lipinski definition) is 1. The van der Waals surface area contributed by atoms with Crippen LogP contribution in [0.5, 0.6) is 0 Å². The molecule has 2 heterocycles. The largest absolute Gasteiger partial charge is 0.353 e. The fourth-order valence-electron chi connectivity index (χ4n) is 3.38. The molecule has 5 nitrogen and oxygen atoms in total. The third-order valence-corrected chi connectivity index (χ3v) is 6.56. The number of anilines is 2. The number of hydrogen-bond acceptors (Lipinski definition) is 5. The fourth-order valence-corrected chi connectivity index (χ4v) is 4.73. The lowest BCUT2D eigenvalue weighted by molar-refractivity contribution is 0.627. The van der Waals surface area contributed by atoms with E-state index in [0.29, 0.717) is 33.7 Å². The third-order valence-electron chi connectivity index (χ3n) is 5.00. The van der Waals surface area contributed by atoms with Gasteiger partial charge in [-0.25, -0.2) is 4.39 Å². The zero-order chi connectivity index (χ0) is 22.1. The van der Waals surface area contributed by atoms with Gasteiger partial charge in [0, 0.05) is 17.9 Å². The maximum absolute atomic E-state index is 13.3. The van der Waals surface area contributed by atoms with Crippen LogP contribution < -0.4 is 5.32 Å². The van der Waals surface area contributed by atoms with E-state index in [4.69, 9.17) is 28.3 Å². The van der Waals surface area contributed by atoms with Crippen LogP contribution in [0.4, 0.5) is 15.8 Å². The van der Waals surface area contributed by atoms with Crippen LogP contribution in [0.15, 0.2) is 77.0 Å². The number of halogens is 3. The minimum absolute atomic E-state index is 0.272. The molecule has 0 aliphatic carbocycles. The van der Waals surface area contributed by atoms with Gasteiger partial charge in [-0.2, -0.15) is 9.78 Å². The van der Waals surface area contributed by atoms with Crippen molar-refractivity contribution in [1.82, 2.24) is 14.9 Å². The van der Waals surface area contributed by atoms with Crippen LogP contribution >= 0.6 is 35.0 Å². The molecule has 5 rings (SSSR count). The fraction of sp³-hybridized carbons (Fsp3) is 0.0870. The molecule has 1 N–H and O–H groups in total. The summed E-state index contributed by atoms with van der Waals surface area (Å²) in [6.07, 6.45) is 0.499. The first-order valence-electron chi connectivity index (χ1n) is 9.78. The molecule has 0 bridgehead atoms. The number of aromatic nitrogens is 3. The number of benzene rings is 3. The van der Waals surface area contributed by atoms with E-state index < -0.39 is 0 Å². The van der Waals surface area contributed by atoms with Crippen molar-refractivity contribution < 1.29 is 4.39 Å². The first-order valence-corrected chi connectivity index (χ1v) is 11.5. The molecule has 0 saturated carbocycles. The Bertz CT molecular complexity index is 1300. The van der Waals surface area contributed by atoms with Gasteiger partial charge < -0.3 is 5.32 Å². The molecule has 9 heteroatoms. The number of thioether (sulfide) groups is 1. The summed E-state index contributed by atoms with van der Waals surface area (Å²) in [7, 11) is 0. The number of nitrogens with one attached hydrogen (secondary N) is 1. The minimum atomic E-state index is -0.272. The molecule has 4 aromatic rings. The Morgan fingerprint density at radius 1 is 0.938 bits per heavy atom. The summed E-state index contributed by atoms with van der Waals surface area (Å²) >= 11 is 14.2. The Labute approximate surface area is 198 Å². The van der Waals surface area contributed by atoms with Gasteiger partial charge >= 0.3 is 0 Å². The normalized spacial score (nSPS) is 12.9. The lowest BCUT2D eigenvalue weighted by Crippen LogP contribution is -2.15. The van der Waals surface area contributed by atoms with Crippen molar-refractivity contribution >= 4 is 52.1 Å². The Morgan fingerprint density at radius 3 is 2.47 bits per heavy atom. The van der Waals surface area contributed by atoms with E-state index in [0.717, 1.165) is 27.7 Å². The Hall–Kier alpha value is -2.87. The van der Waals surface area contributed by atoms with Crippen molar-refractivity contribution in [3.05, 3.63) is 99.5 Å². The van der Waals surface area contributed by atoms with Crippen LogP contribution in [0.1, 0.15) is 17.0 Å². The maximum Gasteiger partial charge on any atom is 0.212 e. The molecule has 0 saturated heterocycles. The zero-order valence-corrected chi connectivity index (χ0v) is 18.9. The van der Waals surface area contributed by atoms with Gasteiger partial charge in [0.05, 0.1) is 21.4 Å². The van der Waals surface area contributed by atoms with Gasteiger partial charge in [0.1, 0.15) is 5.82 Å². The summed E-state index contributed by atoms with van der Waals surface area (Å²) in [5.41, 5.74) is 4.23. The molecule has 32 heavy (non-hydrogen) atoms. The summed E-state index contributed by atoms with van der Waals surface area (Å²) in [4.78, 5) is 0. The molecule has 3 aromatic carbocycles. The number of rotatable bonds is 5. The lowest BCUT2D eigenvalue weighted by Gasteiger charge is -2.16. The van der Waals surface area contributed by atoms with Gasteiger partial charge in [-0.3, -0.25) is 0 Å². The summed E-state index contributed by atoms with van der Waals surface area (Å²) in [6.45, 7) is 0. The third kappa shape index (κ3) is 4.24. The Morgan fingerprint density at radius 2 is 1.69 bits per heavy atom. The van der Waals surface area contributed by atoms with Gasteiger partial charge in [0.15, 0.2) is 5.82 Å². The topological polar surface area (TPSA) is 55.1 Å². The lowest BCUT2D eigenvalue weighted by atomic mass is 10.1. The minimum Gasteiger partial charge on any atom is -0.353 e. The van der Waals surface area contributed by atoms with E-state index in [2.05, 4.69) is 15.5 Å². The molecular weight excluding hydrogens is 468 g/mol. The second-order valence-corrected chi connectivity index (χ2v) is 8.87. The molecule has 0 unspecified atom stereocenters. The van der Waals surface area contributed by atoms with Crippen LogP contribution in [0, 0.1) is 5.82 Å². The molecule has 0 spiro atoms. The van der Waals surface area contributed by atoms with Gasteiger partial charge in [0.25, 0.3) is 0 Å². The zero-order valence-electron chi connectivity index (χ0n) is 16.6. The Balaban J connectivity index is 1.46. The van der Waals surface area contributed by atoms with Crippen LogP contribution in [0.3, 0.4) is 0 Å². The predicted octanol–water partition coefficient (Wildman–Crippen LogP) is 6.42. The van der Waals surface area contributed by atoms with Crippen LogP contribution in [0.25, 0.3) is 0 Å². The van der Waals surface area contributed by atoms with Gasteiger partial charge in [-0.1, -0.05) is 71.4 Å². The maximum atomic E-state index is 13.3. The van der Waals surface area contributed by atoms with Crippen molar-refractivity contribution in [2.45, 2.75) is 11.6 Å². The quantitative estimate of drug-likeness (QED) is 0.355. The smallest absolute Gasteiger partial charge is 0.212 e. The molecule has 160 valence electrons. The average Bonchev–Trinajstić information content (AvgIpc) is 3.20. The van der Waals surface area contributed by atoms with Crippen molar-refractivity contribution in [2.24, 2.45) is 5.10 Å². The van der Waals surface area contributed by atoms with Crippen LogP contribution in [-0.2, 0) is 6.42 Å². The van der Waals surface area contributed by atoms with E-state index in [1.807, 2.05) is 24.3 Å². The summed E-state index contributed by atoms with van der Waals surface area (Å²) in [5, 5.41) is 18.5. The second kappa shape index (κ2) is 8.94. The van der Waals surface area contributed by atoms with Crippen molar-refractivity contribution in [3.63, 3.8) is 0 Å². The van der Waals surface area contributed by atoms with Gasteiger partial charge in [-0.05, 0) is 41.5 Å². The van der Waals surface area contributed by atoms with Crippen molar-refractivity contribution in [1.29, 1.82) is 0 Å². The number of para-hydroxylation sites is 2. The standard InChI is InChI=1S/C23H16Cl2FN5S/c24-17-5-3-6-18(25)22(17)27-19-7-2-1-4-15(19)12-21-28-29-23-31(21)30-20(13-32-23)14-8-10-16(26)11-9-14/h1-11,27H,12-13H2. The summed E-state index contributed by atoms with van der Waals surface area (Å²) in [6, 6.07) is 19.6. The van der Waals surface area contributed by atoms with Gasteiger partial charge in [0.2, 0.25) is 5.16 Å². The predicted molar refractivity (Wildman–Crippen MR) is 128 cm³/mol. The van der Waals surface area contributed by atoms with Crippen molar-refractivity contribution in [2.75, 3.05) is 11.1 Å². The van der Waals surface area contributed by atoms with E-state index in [-0.39, 0.29) is 5.82 Å². The van der Waals surface area contributed by atoms with E-state index >= 15 is 0 Å². The highest BCUT2D eigenvalue weighted by Gasteiger charge is 2.21. The molecule has 0 radical (unpaired) electrons. The average molecular weight is 484 g/mol. The first kappa shape index (κ1) is 21.0. The molecular formula is C23H16Cl2FN5S. The molecule has 1 aromatic heterocycles. The van der Waals surface area contributed by atoms with E-state index in [9.17, 15) is 4.39 Å². The molecule has 0 fully saturated rings. The molecule has 0 amide bonds. The van der Waals surface area contributed by atoms with Crippen LogP contribution in [-0.4, -0.2) is 26.3 Å². The monoisotopic (exact) mass is 483 g/mol. The van der Waals surface area contributed by atoms with E-state index in [1.54, 1.807) is 46.8 Å². The molecule has 1 aliphatic rings. The van der Waals surface area contributed by atoms with Crippen LogP contribution in [0.2, 0.25) is 10.0 Å². The van der Waals surface area contributed by atoms with Crippen molar-refractivity contribution in [3.8, 4) is 0 Å². The molecule has 0 atom stereocenters. The summed E-state index contributed by atoms with van der Waals surface area (Å²) < 4.78 is 15.1. The summed E-state index contributed by atoms with van der Waals surface area (Å²) in [5.74, 6) is 1.07. The Kier molecular flexibility index (Phi) is 5.87. The SMILES string of the molecule is Fc1ccc(C2=Nn3c(Cc4ccccc4Nc4c(Cl)cccc4Cl)nnc3SC2)cc1. The molecule has 1 aliphatic heterocycles. The number of nitrogens with zero attached hydrogens (tertiary/aromatic N) is 4. The van der Waals surface area contributed by atoms with Gasteiger partial charge in [-0.15, -0.1) is 10.2 Å².